The van der Waals surface area contributed by atoms with Crippen molar-refractivity contribution in [2.24, 2.45) is 0 Å². The van der Waals surface area contributed by atoms with Gasteiger partial charge in [-0.25, -0.2) is 19.7 Å². The summed E-state index contributed by atoms with van der Waals surface area (Å²) in [6.07, 6.45) is 4.60. The molecule has 0 saturated carbocycles. The molecule has 2 N–H and O–H groups in total. The highest BCUT2D eigenvalue weighted by molar-refractivity contribution is 9.10. The Kier molecular flexibility index (Phi) is 5.48. The van der Waals surface area contributed by atoms with Gasteiger partial charge in [0.15, 0.2) is 5.82 Å². The molecular formula is C16H15BrClN7O. The van der Waals surface area contributed by atoms with Crippen molar-refractivity contribution < 1.29 is 4.79 Å². The zero-order valence-electron chi connectivity index (χ0n) is 13.9. The van der Waals surface area contributed by atoms with Crippen LogP contribution in [0.3, 0.4) is 0 Å². The Morgan fingerprint density at radius 3 is 2.73 bits per heavy atom. The Hall–Kier alpha value is -2.52. The number of halogens is 2. The second-order valence-electron chi connectivity index (χ2n) is 5.48. The van der Waals surface area contributed by atoms with Gasteiger partial charge in [-0.3, -0.25) is 0 Å². The first kappa shape index (κ1) is 18.3. The molecule has 0 bridgehead atoms. The number of aryl methyl sites for hydroxylation is 1. The van der Waals surface area contributed by atoms with Gasteiger partial charge >= 0.3 is 6.03 Å². The average molecular weight is 437 g/mol. The lowest BCUT2D eigenvalue weighted by Crippen LogP contribution is -2.32. The van der Waals surface area contributed by atoms with Crippen molar-refractivity contribution in [3.63, 3.8) is 0 Å². The fourth-order valence-electron chi connectivity index (χ4n) is 2.26. The minimum Gasteiger partial charge on any atom is -0.328 e. The Morgan fingerprint density at radius 1 is 1.27 bits per heavy atom. The van der Waals surface area contributed by atoms with Crippen LogP contribution in [0.4, 0.5) is 10.5 Å². The summed E-state index contributed by atoms with van der Waals surface area (Å²) in [5, 5.41) is 10.1. The van der Waals surface area contributed by atoms with Crippen molar-refractivity contribution in [1.29, 1.82) is 0 Å². The van der Waals surface area contributed by atoms with E-state index in [9.17, 15) is 4.79 Å². The second kappa shape index (κ2) is 7.79. The summed E-state index contributed by atoms with van der Waals surface area (Å²) in [6, 6.07) is 4.38. The standard InChI is InChI=1S/C16H15BrClN7O/c1-9-6-12(18)13(7-11(9)17)24-16(26)23-10(2)14-21-8-22-25(14)15-19-4-3-5-20-15/h3-8,10H,1-2H3,(H2,23,24,26)/t10-/m0/s1. The SMILES string of the molecule is Cc1cc(Cl)c(NC(=O)N[C@@H](C)c2ncnn2-c2ncccn2)cc1Br. The van der Waals surface area contributed by atoms with E-state index in [1.54, 1.807) is 37.5 Å². The molecule has 2 heterocycles. The number of aromatic nitrogens is 5. The number of carbonyl (C=O) groups excluding carboxylic acids is 1. The molecule has 2 amide bonds. The number of hydrogen-bond acceptors (Lipinski definition) is 5. The van der Waals surface area contributed by atoms with Gasteiger partial charge in [0.2, 0.25) is 0 Å². The van der Waals surface area contributed by atoms with Crippen molar-refractivity contribution in [2.45, 2.75) is 19.9 Å². The Balaban J connectivity index is 1.73. The van der Waals surface area contributed by atoms with E-state index >= 15 is 0 Å². The van der Waals surface area contributed by atoms with Crippen LogP contribution in [0.2, 0.25) is 5.02 Å². The van der Waals surface area contributed by atoms with Crippen LogP contribution in [0, 0.1) is 6.92 Å². The molecule has 0 radical (unpaired) electrons. The number of hydrogen-bond donors (Lipinski definition) is 2. The molecule has 8 nitrogen and oxygen atoms in total. The van der Waals surface area contributed by atoms with Crippen molar-refractivity contribution in [3.05, 3.63) is 57.8 Å². The molecule has 0 unspecified atom stereocenters. The predicted molar refractivity (Wildman–Crippen MR) is 101 cm³/mol. The van der Waals surface area contributed by atoms with E-state index in [-0.39, 0.29) is 0 Å². The normalized spacial score (nSPS) is 11.8. The monoisotopic (exact) mass is 435 g/mol. The molecule has 26 heavy (non-hydrogen) atoms. The van der Waals surface area contributed by atoms with E-state index < -0.39 is 12.1 Å². The molecule has 1 atom stereocenters. The van der Waals surface area contributed by atoms with Crippen LogP contribution in [0.1, 0.15) is 24.4 Å². The molecular weight excluding hydrogens is 422 g/mol. The van der Waals surface area contributed by atoms with Crippen molar-refractivity contribution >= 4 is 39.2 Å². The van der Waals surface area contributed by atoms with E-state index in [4.69, 9.17) is 11.6 Å². The Morgan fingerprint density at radius 2 is 2.00 bits per heavy atom. The number of amides is 2. The first-order valence-electron chi connectivity index (χ1n) is 7.66. The third-order valence-corrected chi connectivity index (χ3v) is 4.71. The van der Waals surface area contributed by atoms with Crippen LogP contribution in [-0.2, 0) is 0 Å². The van der Waals surface area contributed by atoms with Crippen LogP contribution >= 0.6 is 27.5 Å². The highest BCUT2D eigenvalue weighted by atomic mass is 79.9. The van der Waals surface area contributed by atoms with Gasteiger partial charge in [-0.2, -0.15) is 9.78 Å². The quantitative estimate of drug-likeness (QED) is 0.650. The molecule has 134 valence electrons. The van der Waals surface area contributed by atoms with Gasteiger partial charge in [0, 0.05) is 16.9 Å². The number of anilines is 1. The molecule has 0 fully saturated rings. The zero-order valence-corrected chi connectivity index (χ0v) is 16.3. The van der Waals surface area contributed by atoms with Crippen LogP contribution < -0.4 is 10.6 Å². The summed E-state index contributed by atoms with van der Waals surface area (Å²) in [5.74, 6) is 0.877. The Labute approximate surface area is 163 Å². The minimum absolute atomic E-state index is 0.375. The van der Waals surface area contributed by atoms with Crippen molar-refractivity contribution in [2.75, 3.05) is 5.32 Å². The fraction of sp³-hybridized carbons (Fsp3) is 0.188. The van der Waals surface area contributed by atoms with E-state index in [0.717, 1.165) is 10.0 Å². The van der Waals surface area contributed by atoms with Crippen LogP contribution in [0.5, 0.6) is 0 Å². The lowest BCUT2D eigenvalue weighted by Gasteiger charge is -2.15. The largest absolute Gasteiger partial charge is 0.328 e. The predicted octanol–water partition coefficient (Wildman–Crippen LogP) is 3.66. The van der Waals surface area contributed by atoms with Gasteiger partial charge in [0.25, 0.3) is 5.95 Å². The molecule has 10 heteroatoms. The maximum Gasteiger partial charge on any atom is 0.319 e. The summed E-state index contributed by atoms with van der Waals surface area (Å²) in [6.45, 7) is 3.70. The maximum atomic E-state index is 12.3. The number of nitrogens with zero attached hydrogens (tertiary/aromatic N) is 5. The molecule has 0 aliphatic heterocycles. The van der Waals surface area contributed by atoms with E-state index in [1.807, 2.05) is 6.92 Å². The van der Waals surface area contributed by atoms with Crippen LogP contribution in [0.15, 0.2) is 41.4 Å². The number of carbonyl (C=O) groups is 1. The van der Waals surface area contributed by atoms with Crippen molar-refractivity contribution in [3.8, 4) is 5.95 Å². The highest BCUT2D eigenvalue weighted by Crippen LogP contribution is 2.29. The number of nitrogens with one attached hydrogen (secondary N) is 2. The third kappa shape index (κ3) is 4.00. The molecule has 3 rings (SSSR count). The molecule has 3 aromatic rings. The summed E-state index contributed by atoms with van der Waals surface area (Å²) >= 11 is 9.60. The van der Waals surface area contributed by atoms with Gasteiger partial charge in [-0.1, -0.05) is 27.5 Å². The molecule has 0 saturated heterocycles. The zero-order chi connectivity index (χ0) is 18.7. The van der Waals surface area contributed by atoms with Gasteiger partial charge in [0.05, 0.1) is 16.8 Å². The topological polar surface area (TPSA) is 97.6 Å². The lowest BCUT2D eigenvalue weighted by atomic mass is 10.2. The lowest BCUT2D eigenvalue weighted by molar-refractivity contribution is 0.248. The summed E-state index contributed by atoms with van der Waals surface area (Å²) < 4.78 is 2.33. The highest BCUT2D eigenvalue weighted by Gasteiger charge is 2.18. The first-order valence-corrected chi connectivity index (χ1v) is 8.83. The van der Waals surface area contributed by atoms with E-state index in [0.29, 0.717) is 22.5 Å². The third-order valence-electron chi connectivity index (χ3n) is 3.55. The van der Waals surface area contributed by atoms with E-state index in [2.05, 4.69) is 46.6 Å². The molecule has 1 aromatic carbocycles. The Bertz CT molecular complexity index is 932. The molecule has 0 spiro atoms. The van der Waals surface area contributed by atoms with E-state index in [1.165, 1.54) is 11.0 Å². The molecule has 0 aliphatic rings. The smallest absolute Gasteiger partial charge is 0.319 e. The summed E-state index contributed by atoms with van der Waals surface area (Å²) in [4.78, 5) is 24.8. The van der Waals surface area contributed by atoms with Gasteiger partial charge in [0.1, 0.15) is 6.33 Å². The van der Waals surface area contributed by atoms with Crippen LogP contribution in [-0.4, -0.2) is 30.8 Å². The maximum absolute atomic E-state index is 12.3. The number of benzene rings is 1. The van der Waals surface area contributed by atoms with Gasteiger partial charge in [-0.05, 0) is 37.6 Å². The van der Waals surface area contributed by atoms with Crippen molar-refractivity contribution in [1.82, 2.24) is 30.0 Å². The minimum atomic E-state index is -0.436. The summed E-state index contributed by atoms with van der Waals surface area (Å²) in [5.41, 5.74) is 1.48. The van der Waals surface area contributed by atoms with Crippen LogP contribution in [0.25, 0.3) is 5.95 Å². The molecule has 0 aliphatic carbocycles. The molecule has 2 aromatic heterocycles. The van der Waals surface area contributed by atoms with Gasteiger partial charge in [-0.15, -0.1) is 0 Å². The number of urea groups is 1. The fourth-order valence-corrected chi connectivity index (χ4v) is 2.87. The average Bonchev–Trinajstić information content (AvgIpc) is 3.10. The second-order valence-corrected chi connectivity index (χ2v) is 6.74. The number of rotatable bonds is 4. The van der Waals surface area contributed by atoms with Gasteiger partial charge < -0.3 is 10.6 Å². The summed E-state index contributed by atoms with van der Waals surface area (Å²) in [7, 11) is 0. The first-order chi connectivity index (χ1) is 12.5.